The number of carbonyl (C=O) groups excluding carboxylic acids is 1. The third kappa shape index (κ3) is 5.47. The fraction of sp³-hybridized carbons (Fsp3) is 0.533. The molecule has 4 nitrogen and oxygen atoms in total. The van der Waals surface area contributed by atoms with Crippen LogP contribution >= 0.6 is 23.2 Å². The molecule has 1 atom stereocenters. The zero-order valence-electron chi connectivity index (χ0n) is 12.6. The van der Waals surface area contributed by atoms with Crippen LogP contribution in [0.1, 0.15) is 25.8 Å². The van der Waals surface area contributed by atoms with Crippen LogP contribution in [-0.4, -0.2) is 36.6 Å². The lowest BCUT2D eigenvalue weighted by Gasteiger charge is -2.28. The monoisotopic (exact) mass is 332 g/mol. The van der Waals surface area contributed by atoms with E-state index in [0.717, 1.165) is 5.56 Å². The predicted molar refractivity (Wildman–Crippen MR) is 86.6 cm³/mol. The highest BCUT2D eigenvalue weighted by Crippen LogP contribution is 2.24. The molecule has 0 aliphatic carbocycles. The number of methoxy groups -OCH3 is 1. The average molecular weight is 333 g/mol. The Morgan fingerprint density at radius 2 is 2.00 bits per heavy atom. The summed E-state index contributed by atoms with van der Waals surface area (Å²) in [6.45, 7) is 4.74. The summed E-state index contributed by atoms with van der Waals surface area (Å²) in [5.41, 5.74) is 6.51. The molecule has 1 unspecified atom stereocenters. The van der Waals surface area contributed by atoms with E-state index in [1.165, 1.54) is 0 Å². The Labute approximate surface area is 136 Å². The smallest absolute Gasteiger partial charge is 0.225 e. The minimum atomic E-state index is -0.257. The topological polar surface area (TPSA) is 55.6 Å². The first-order valence-electron chi connectivity index (χ1n) is 6.85. The molecule has 0 bridgehead atoms. The zero-order valence-corrected chi connectivity index (χ0v) is 14.1. The third-order valence-electron chi connectivity index (χ3n) is 3.28. The van der Waals surface area contributed by atoms with E-state index in [0.29, 0.717) is 23.1 Å². The molecule has 118 valence electrons. The van der Waals surface area contributed by atoms with E-state index in [2.05, 4.69) is 0 Å². The van der Waals surface area contributed by atoms with Crippen LogP contribution in [-0.2, 0) is 16.1 Å². The van der Waals surface area contributed by atoms with Gasteiger partial charge in [0.15, 0.2) is 0 Å². The number of nitrogens with two attached hydrogens (primary N) is 1. The lowest BCUT2D eigenvalue weighted by atomic mass is 10.1. The highest BCUT2D eigenvalue weighted by molar-refractivity contribution is 6.42. The molecule has 0 aliphatic rings. The fourth-order valence-electron chi connectivity index (χ4n) is 1.97. The van der Waals surface area contributed by atoms with Crippen LogP contribution in [0, 0.1) is 0 Å². The molecule has 0 saturated heterocycles. The third-order valence-corrected chi connectivity index (χ3v) is 4.02. The summed E-state index contributed by atoms with van der Waals surface area (Å²) < 4.78 is 5.17. The van der Waals surface area contributed by atoms with E-state index in [1.807, 2.05) is 19.9 Å². The molecule has 1 aromatic carbocycles. The SMILES string of the molecule is COC(CN)CC(=O)N(Cc1ccc(Cl)c(Cl)c1)C(C)C. The van der Waals surface area contributed by atoms with Crippen molar-refractivity contribution in [3.63, 3.8) is 0 Å². The number of nitrogens with zero attached hydrogens (tertiary/aromatic N) is 1. The minimum Gasteiger partial charge on any atom is -0.380 e. The van der Waals surface area contributed by atoms with Gasteiger partial charge in [-0.25, -0.2) is 0 Å². The van der Waals surface area contributed by atoms with Crippen molar-refractivity contribution in [1.29, 1.82) is 0 Å². The molecular weight excluding hydrogens is 311 g/mol. The summed E-state index contributed by atoms with van der Waals surface area (Å²) in [5, 5.41) is 0.993. The Morgan fingerprint density at radius 1 is 1.33 bits per heavy atom. The maximum atomic E-state index is 12.4. The van der Waals surface area contributed by atoms with Crippen molar-refractivity contribution in [3.05, 3.63) is 33.8 Å². The van der Waals surface area contributed by atoms with Crippen molar-refractivity contribution < 1.29 is 9.53 Å². The molecule has 0 spiro atoms. The summed E-state index contributed by atoms with van der Waals surface area (Å²) in [6.07, 6.45) is 0.0134. The summed E-state index contributed by atoms with van der Waals surface area (Å²) in [4.78, 5) is 14.2. The van der Waals surface area contributed by atoms with Gasteiger partial charge >= 0.3 is 0 Å². The lowest BCUT2D eigenvalue weighted by molar-refractivity contribution is -0.136. The fourth-order valence-corrected chi connectivity index (χ4v) is 2.29. The first kappa shape index (κ1) is 18.2. The van der Waals surface area contributed by atoms with Crippen LogP contribution < -0.4 is 5.73 Å². The van der Waals surface area contributed by atoms with Gasteiger partial charge in [-0.05, 0) is 31.5 Å². The second kappa shape index (κ2) is 8.59. The van der Waals surface area contributed by atoms with E-state index >= 15 is 0 Å². The molecular formula is C15H22Cl2N2O2. The maximum Gasteiger partial charge on any atom is 0.225 e. The van der Waals surface area contributed by atoms with Crippen LogP contribution in [0.3, 0.4) is 0 Å². The Bertz CT molecular complexity index is 477. The van der Waals surface area contributed by atoms with Gasteiger partial charge in [-0.1, -0.05) is 29.3 Å². The Kier molecular flexibility index (Phi) is 7.46. The number of hydrogen-bond acceptors (Lipinski definition) is 3. The van der Waals surface area contributed by atoms with Gasteiger partial charge in [-0.2, -0.15) is 0 Å². The van der Waals surface area contributed by atoms with Gasteiger partial charge < -0.3 is 15.4 Å². The number of halogens is 2. The highest BCUT2D eigenvalue weighted by Gasteiger charge is 2.21. The molecule has 6 heteroatoms. The van der Waals surface area contributed by atoms with E-state index in [1.54, 1.807) is 24.1 Å². The van der Waals surface area contributed by atoms with Gasteiger partial charge in [0.25, 0.3) is 0 Å². The van der Waals surface area contributed by atoms with E-state index in [4.69, 9.17) is 33.7 Å². The van der Waals surface area contributed by atoms with Crippen molar-refractivity contribution >= 4 is 29.1 Å². The van der Waals surface area contributed by atoms with Gasteiger partial charge in [-0.3, -0.25) is 4.79 Å². The van der Waals surface area contributed by atoms with Gasteiger partial charge in [0.2, 0.25) is 5.91 Å². The van der Waals surface area contributed by atoms with Crippen LogP contribution in [0.15, 0.2) is 18.2 Å². The van der Waals surface area contributed by atoms with Gasteiger partial charge in [0.05, 0.1) is 22.6 Å². The lowest BCUT2D eigenvalue weighted by Crippen LogP contribution is -2.39. The summed E-state index contributed by atoms with van der Waals surface area (Å²) in [6, 6.07) is 5.46. The molecule has 0 saturated carbocycles. The second-order valence-electron chi connectivity index (χ2n) is 5.16. The highest BCUT2D eigenvalue weighted by atomic mass is 35.5. The molecule has 2 N–H and O–H groups in total. The number of benzene rings is 1. The van der Waals surface area contributed by atoms with Crippen molar-refractivity contribution in [2.24, 2.45) is 5.73 Å². The van der Waals surface area contributed by atoms with Crippen molar-refractivity contribution in [1.82, 2.24) is 4.90 Å². The second-order valence-corrected chi connectivity index (χ2v) is 5.98. The standard InChI is InChI=1S/C15H22Cl2N2O2/c1-10(2)19(15(20)7-12(8-18)21-3)9-11-4-5-13(16)14(17)6-11/h4-6,10,12H,7-9,18H2,1-3H3. The van der Waals surface area contributed by atoms with Crippen LogP contribution in [0.5, 0.6) is 0 Å². The number of hydrogen-bond donors (Lipinski definition) is 1. The summed E-state index contributed by atoms with van der Waals surface area (Å²) in [7, 11) is 1.56. The zero-order chi connectivity index (χ0) is 16.0. The minimum absolute atomic E-state index is 0.00775. The van der Waals surface area contributed by atoms with Crippen molar-refractivity contribution in [3.8, 4) is 0 Å². The molecule has 1 rings (SSSR count). The predicted octanol–water partition coefficient (Wildman–Crippen LogP) is 3.09. The Morgan fingerprint density at radius 3 is 2.48 bits per heavy atom. The molecule has 0 heterocycles. The molecule has 1 amide bonds. The normalized spacial score (nSPS) is 12.5. The average Bonchev–Trinajstić information content (AvgIpc) is 2.45. The van der Waals surface area contributed by atoms with E-state index in [-0.39, 0.29) is 24.5 Å². The molecule has 1 aromatic rings. The van der Waals surface area contributed by atoms with E-state index < -0.39 is 0 Å². The van der Waals surface area contributed by atoms with Crippen LogP contribution in [0.2, 0.25) is 10.0 Å². The molecule has 0 aliphatic heterocycles. The summed E-state index contributed by atoms with van der Waals surface area (Å²) in [5.74, 6) is 0.00775. The molecule has 0 radical (unpaired) electrons. The number of amides is 1. The number of carbonyl (C=O) groups is 1. The van der Waals surface area contributed by atoms with E-state index in [9.17, 15) is 4.79 Å². The van der Waals surface area contributed by atoms with Crippen molar-refractivity contribution in [2.75, 3.05) is 13.7 Å². The molecule has 0 fully saturated rings. The Hall–Kier alpha value is -0.810. The number of rotatable bonds is 7. The maximum absolute atomic E-state index is 12.4. The van der Waals surface area contributed by atoms with Crippen molar-refractivity contribution in [2.45, 2.75) is 39.0 Å². The van der Waals surface area contributed by atoms with Crippen LogP contribution in [0.4, 0.5) is 0 Å². The Balaban J connectivity index is 2.81. The quantitative estimate of drug-likeness (QED) is 0.834. The van der Waals surface area contributed by atoms with Crippen LogP contribution in [0.25, 0.3) is 0 Å². The largest absolute Gasteiger partial charge is 0.380 e. The summed E-state index contributed by atoms with van der Waals surface area (Å²) >= 11 is 11.9. The first-order valence-corrected chi connectivity index (χ1v) is 7.60. The van der Waals surface area contributed by atoms with Gasteiger partial charge in [-0.15, -0.1) is 0 Å². The molecule has 21 heavy (non-hydrogen) atoms. The van der Waals surface area contributed by atoms with Gasteiger partial charge in [0.1, 0.15) is 0 Å². The first-order chi connectivity index (χ1) is 9.88. The van der Waals surface area contributed by atoms with Gasteiger partial charge in [0, 0.05) is 26.2 Å². The molecule has 0 aromatic heterocycles. The number of ether oxygens (including phenoxy) is 1.